The third-order valence-electron chi connectivity index (χ3n) is 7.12. The minimum Gasteiger partial charge on any atom is -0.387 e. The smallest absolute Gasteiger partial charge is 0.253 e. The average Bonchev–Trinajstić information content (AvgIpc) is 3.32. The van der Waals surface area contributed by atoms with Crippen LogP contribution in [-0.2, 0) is 16.3 Å². The van der Waals surface area contributed by atoms with E-state index in [0.717, 1.165) is 30.4 Å². The molecule has 0 aliphatic carbocycles. The van der Waals surface area contributed by atoms with Gasteiger partial charge in [0.25, 0.3) is 5.91 Å². The van der Waals surface area contributed by atoms with E-state index in [1.165, 1.54) is 0 Å². The maximum atomic E-state index is 12.9. The molecule has 3 atom stereocenters. The first-order chi connectivity index (χ1) is 15.9. The molecule has 2 aromatic carbocycles. The van der Waals surface area contributed by atoms with Gasteiger partial charge < -0.3 is 15.3 Å². The summed E-state index contributed by atoms with van der Waals surface area (Å²) in [6, 6.07) is 17.9. The number of amides is 1. The molecule has 2 N–H and O–H groups in total. The second kappa shape index (κ2) is 10.4. The highest BCUT2D eigenvalue weighted by atomic mass is 32.2. The van der Waals surface area contributed by atoms with Crippen LogP contribution in [-0.4, -0.2) is 60.5 Å². The zero-order valence-corrected chi connectivity index (χ0v) is 20.0. The SMILES string of the molecule is CCS(=O)(=O)C1CCN(C(=O)c2ccc(C[C@@H]3CC[C@H]([C@H](O)c4ccccc4)N3)cc2)CC1. The molecular formula is C26H34N2O4S. The highest BCUT2D eigenvalue weighted by Crippen LogP contribution is 2.27. The summed E-state index contributed by atoms with van der Waals surface area (Å²) in [5.74, 6) is 0.133. The number of hydrogen-bond donors (Lipinski definition) is 2. The van der Waals surface area contributed by atoms with Gasteiger partial charge in [-0.2, -0.15) is 0 Å². The number of benzene rings is 2. The van der Waals surface area contributed by atoms with E-state index >= 15 is 0 Å². The molecule has 6 nitrogen and oxygen atoms in total. The topological polar surface area (TPSA) is 86.7 Å². The van der Waals surface area contributed by atoms with Gasteiger partial charge in [-0.15, -0.1) is 0 Å². The largest absolute Gasteiger partial charge is 0.387 e. The maximum absolute atomic E-state index is 12.9. The Kier molecular flexibility index (Phi) is 7.51. The molecule has 33 heavy (non-hydrogen) atoms. The van der Waals surface area contributed by atoms with E-state index in [1.807, 2.05) is 54.6 Å². The quantitative estimate of drug-likeness (QED) is 0.649. The van der Waals surface area contributed by atoms with E-state index in [0.29, 0.717) is 37.5 Å². The number of likely N-dealkylation sites (tertiary alicyclic amines) is 1. The lowest BCUT2D eigenvalue weighted by molar-refractivity contribution is 0.0725. The molecule has 0 bridgehead atoms. The fourth-order valence-electron chi connectivity index (χ4n) is 5.05. The predicted molar refractivity (Wildman–Crippen MR) is 130 cm³/mol. The Bertz CT molecular complexity index is 1030. The molecule has 2 aliphatic heterocycles. The van der Waals surface area contributed by atoms with Crippen molar-refractivity contribution in [3.8, 4) is 0 Å². The second-order valence-corrected chi connectivity index (χ2v) is 11.8. The van der Waals surface area contributed by atoms with Crippen molar-refractivity contribution in [2.75, 3.05) is 18.8 Å². The average molecular weight is 471 g/mol. The molecule has 2 heterocycles. The Morgan fingerprint density at radius 2 is 1.70 bits per heavy atom. The number of carbonyl (C=O) groups excluding carboxylic acids is 1. The van der Waals surface area contributed by atoms with Crippen LogP contribution in [0.25, 0.3) is 0 Å². The summed E-state index contributed by atoms with van der Waals surface area (Å²) < 4.78 is 24.2. The summed E-state index contributed by atoms with van der Waals surface area (Å²) >= 11 is 0. The van der Waals surface area contributed by atoms with Gasteiger partial charge in [0, 0.05) is 36.5 Å². The Hall–Kier alpha value is -2.22. The van der Waals surface area contributed by atoms with Gasteiger partial charge in [0.2, 0.25) is 0 Å². The number of piperidine rings is 1. The number of sulfone groups is 1. The standard InChI is InChI=1S/C26H34N2O4S/c1-2-33(31,32)23-14-16-28(17-15-23)26(30)21-10-8-19(9-11-21)18-22-12-13-24(27-22)25(29)20-6-4-3-5-7-20/h3-11,22-25,27,29H,2,12-18H2,1H3/t22-,24+,25+/m0/s1. The van der Waals surface area contributed by atoms with Crippen LogP contribution in [0, 0.1) is 0 Å². The van der Waals surface area contributed by atoms with Crippen LogP contribution in [0.5, 0.6) is 0 Å². The number of hydrogen-bond acceptors (Lipinski definition) is 5. The Morgan fingerprint density at radius 1 is 1.03 bits per heavy atom. The first-order valence-electron chi connectivity index (χ1n) is 12.0. The first-order valence-corrected chi connectivity index (χ1v) is 13.7. The second-order valence-electron chi connectivity index (χ2n) is 9.25. The van der Waals surface area contributed by atoms with Gasteiger partial charge in [-0.05, 0) is 55.4 Å². The van der Waals surface area contributed by atoms with Gasteiger partial charge in [0.1, 0.15) is 0 Å². The summed E-state index contributed by atoms with van der Waals surface area (Å²) in [5, 5.41) is 13.9. The number of carbonyl (C=O) groups is 1. The fraction of sp³-hybridized carbons (Fsp3) is 0.500. The molecule has 0 aromatic heterocycles. The summed E-state index contributed by atoms with van der Waals surface area (Å²) in [7, 11) is -3.04. The molecule has 4 rings (SSSR count). The van der Waals surface area contributed by atoms with Crippen LogP contribution < -0.4 is 5.32 Å². The molecule has 0 unspecified atom stereocenters. The van der Waals surface area contributed by atoms with Crippen molar-refractivity contribution in [3.05, 3.63) is 71.3 Å². The molecule has 7 heteroatoms. The monoisotopic (exact) mass is 470 g/mol. The molecule has 0 saturated carbocycles. The number of nitrogens with zero attached hydrogens (tertiary/aromatic N) is 1. The number of nitrogens with one attached hydrogen (secondary N) is 1. The van der Waals surface area contributed by atoms with E-state index in [1.54, 1.807) is 11.8 Å². The van der Waals surface area contributed by atoms with Crippen molar-refractivity contribution >= 4 is 15.7 Å². The molecule has 2 aromatic rings. The minimum absolute atomic E-state index is 0.0288. The highest BCUT2D eigenvalue weighted by molar-refractivity contribution is 7.92. The predicted octanol–water partition coefficient (Wildman–Crippen LogP) is 3.12. The molecule has 2 fully saturated rings. The summed E-state index contributed by atoms with van der Waals surface area (Å²) in [5.41, 5.74) is 2.74. The summed E-state index contributed by atoms with van der Waals surface area (Å²) in [6.45, 7) is 2.66. The first kappa shape index (κ1) is 23.9. The minimum atomic E-state index is -3.04. The molecular weight excluding hydrogens is 436 g/mol. The van der Waals surface area contributed by atoms with Gasteiger partial charge in [0.05, 0.1) is 11.4 Å². The van der Waals surface area contributed by atoms with Crippen molar-refractivity contribution in [2.24, 2.45) is 0 Å². The fourth-order valence-corrected chi connectivity index (χ4v) is 6.45. The Labute approximate surface area is 196 Å². The third-order valence-corrected chi connectivity index (χ3v) is 9.41. The Morgan fingerprint density at radius 3 is 2.33 bits per heavy atom. The van der Waals surface area contributed by atoms with E-state index < -0.39 is 15.9 Å². The van der Waals surface area contributed by atoms with Crippen molar-refractivity contribution in [3.63, 3.8) is 0 Å². The summed E-state index contributed by atoms with van der Waals surface area (Å²) in [4.78, 5) is 14.6. The van der Waals surface area contributed by atoms with Crippen LogP contribution in [0.1, 0.15) is 60.2 Å². The van der Waals surface area contributed by atoms with E-state index in [4.69, 9.17) is 0 Å². The zero-order valence-electron chi connectivity index (χ0n) is 19.2. The van der Waals surface area contributed by atoms with Crippen LogP contribution in [0.4, 0.5) is 0 Å². The third kappa shape index (κ3) is 5.65. The molecule has 178 valence electrons. The van der Waals surface area contributed by atoms with Crippen molar-refractivity contribution < 1.29 is 18.3 Å². The van der Waals surface area contributed by atoms with Crippen molar-refractivity contribution in [1.29, 1.82) is 0 Å². The van der Waals surface area contributed by atoms with Crippen molar-refractivity contribution in [1.82, 2.24) is 10.2 Å². The van der Waals surface area contributed by atoms with Crippen LogP contribution in [0.15, 0.2) is 54.6 Å². The number of rotatable bonds is 7. The molecule has 1 amide bonds. The number of aliphatic hydroxyl groups is 1. The normalized spacial score (nSPS) is 22.9. The van der Waals surface area contributed by atoms with Crippen LogP contribution >= 0.6 is 0 Å². The lowest BCUT2D eigenvalue weighted by Crippen LogP contribution is -2.42. The Balaban J connectivity index is 1.29. The zero-order chi connectivity index (χ0) is 23.4. The van der Waals surface area contributed by atoms with Gasteiger partial charge >= 0.3 is 0 Å². The van der Waals surface area contributed by atoms with Crippen molar-refractivity contribution in [2.45, 2.75) is 62.5 Å². The van der Waals surface area contributed by atoms with E-state index in [9.17, 15) is 18.3 Å². The van der Waals surface area contributed by atoms with Gasteiger partial charge in [-0.25, -0.2) is 8.42 Å². The molecule has 0 radical (unpaired) electrons. The molecule has 2 aliphatic rings. The molecule has 2 saturated heterocycles. The maximum Gasteiger partial charge on any atom is 0.253 e. The van der Waals surface area contributed by atoms with Crippen LogP contribution in [0.2, 0.25) is 0 Å². The van der Waals surface area contributed by atoms with Gasteiger partial charge in [-0.1, -0.05) is 49.4 Å². The summed E-state index contributed by atoms with van der Waals surface area (Å²) in [6.07, 6.45) is 3.32. The van der Waals surface area contributed by atoms with Gasteiger partial charge in [0.15, 0.2) is 9.84 Å². The highest BCUT2D eigenvalue weighted by Gasteiger charge is 2.31. The molecule has 0 spiro atoms. The lowest BCUT2D eigenvalue weighted by Gasteiger charge is -2.31. The van der Waals surface area contributed by atoms with Gasteiger partial charge in [-0.3, -0.25) is 4.79 Å². The van der Waals surface area contributed by atoms with E-state index in [-0.39, 0.29) is 23.0 Å². The lowest BCUT2D eigenvalue weighted by atomic mass is 10.0. The van der Waals surface area contributed by atoms with E-state index in [2.05, 4.69) is 5.32 Å². The number of aliphatic hydroxyl groups excluding tert-OH is 1. The van der Waals surface area contributed by atoms with Crippen LogP contribution in [0.3, 0.4) is 0 Å².